The monoisotopic (exact) mass is 288 g/mol. The van der Waals surface area contributed by atoms with Gasteiger partial charge in [-0.2, -0.15) is 0 Å². The Hall–Kier alpha value is -2.96. The van der Waals surface area contributed by atoms with Crippen LogP contribution >= 0.6 is 0 Å². The third-order valence-corrected chi connectivity index (χ3v) is 2.71. The molecule has 1 aromatic heterocycles. The fourth-order valence-corrected chi connectivity index (χ4v) is 1.72. The first kappa shape index (κ1) is 14.4. The Morgan fingerprint density at radius 1 is 1.38 bits per heavy atom. The van der Waals surface area contributed by atoms with Crippen molar-refractivity contribution in [2.75, 3.05) is 0 Å². The largest absolute Gasteiger partial charge is 0.480 e. The maximum Gasteiger partial charge on any atom is 0.354 e. The van der Waals surface area contributed by atoms with E-state index in [1.807, 2.05) is 0 Å². The highest BCUT2D eigenvalue weighted by Gasteiger charge is 2.15. The molecule has 2 aromatic rings. The third-order valence-electron chi connectivity index (χ3n) is 2.71. The Kier molecular flexibility index (Phi) is 4.13. The van der Waals surface area contributed by atoms with Gasteiger partial charge in [-0.1, -0.05) is 12.1 Å². The number of hydrogen-bond donors (Lipinski definition) is 1. The Morgan fingerprint density at radius 3 is 2.81 bits per heavy atom. The molecule has 0 spiro atoms. The van der Waals surface area contributed by atoms with Gasteiger partial charge in [-0.3, -0.25) is 10.1 Å². The standard InChI is InChI=1S/C14H12N2O5/c1-9-5-6-13(12(7-9)16(19)20)21-8-10-3-2-4-11(15-10)14(17)18/h2-7H,8H2,1H3,(H,17,18). The number of carboxylic acids is 1. The van der Waals surface area contributed by atoms with Crippen molar-refractivity contribution >= 4 is 11.7 Å². The van der Waals surface area contributed by atoms with Crippen molar-refractivity contribution < 1.29 is 19.6 Å². The highest BCUT2D eigenvalue weighted by atomic mass is 16.6. The zero-order valence-electron chi connectivity index (χ0n) is 11.1. The molecule has 0 aliphatic carbocycles. The number of nitrogens with zero attached hydrogens (tertiary/aromatic N) is 2. The molecule has 0 radical (unpaired) electrons. The fourth-order valence-electron chi connectivity index (χ4n) is 1.72. The number of aromatic carboxylic acids is 1. The molecule has 21 heavy (non-hydrogen) atoms. The average Bonchev–Trinajstić information content (AvgIpc) is 2.46. The number of benzene rings is 1. The lowest BCUT2D eigenvalue weighted by Crippen LogP contribution is -2.05. The van der Waals surface area contributed by atoms with Crippen LogP contribution in [0.4, 0.5) is 5.69 Å². The molecule has 1 N–H and O–H groups in total. The van der Waals surface area contributed by atoms with Gasteiger partial charge < -0.3 is 9.84 Å². The topological polar surface area (TPSA) is 103 Å². The second-order valence-electron chi connectivity index (χ2n) is 4.34. The summed E-state index contributed by atoms with van der Waals surface area (Å²) in [5.74, 6) is -1.02. The first-order chi connectivity index (χ1) is 9.97. The van der Waals surface area contributed by atoms with E-state index in [1.165, 1.54) is 18.2 Å². The highest BCUT2D eigenvalue weighted by Crippen LogP contribution is 2.28. The number of nitro benzene ring substituents is 1. The molecule has 7 heteroatoms. The van der Waals surface area contributed by atoms with Gasteiger partial charge in [-0.15, -0.1) is 0 Å². The normalized spacial score (nSPS) is 10.1. The van der Waals surface area contributed by atoms with Gasteiger partial charge in [0.05, 0.1) is 10.6 Å². The number of pyridine rings is 1. The third kappa shape index (κ3) is 3.53. The summed E-state index contributed by atoms with van der Waals surface area (Å²) in [7, 11) is 0. The van der Waals surface area contributed by atoms with Crippen molar-refractivity contribution in [2.45, 2.75) is 13.5 Å². The van der Waals surface area contributed by atoms with E-state index in [1.54, 1.807) is 25.1 Å². The molecular weight excluding hydrogens is 276 g/mol. The zero-order valence-corrected chi connectivity index (χ0v) is 11.1. The first-order valence-corrected chi connectivity index (χ1v) is 6.04. The molecule has 1 aromatic carbocycles. The molecule has 0 bridgehead atoms. The fraction of sp³-hybridized carbons (Fsp3) is 0.143. The minimum Gasteiger partial charge on any atom is -0.480 e. The molecule has 0 saturated heterocycles. The van der Waals surface area contributed by atoms with E-state index in [9.17, 15) is 14.9 Å². The molecular formula is C14H12N2O5. The summed E-state index contributed by atoms with van der Waals surface area (Å²) in [5, 5.41) is 19.8. The number of hydrogen-bond acceptors (Lipinski definition) is 5. The molecule has 0 aliphatic rings. The minimum absolute atomic E-state index is 0.0506. The predicted octanol–water partition coefficient (Wildman–Crippen LogP) is 2.58. The Morgan fingerprint density at radius 2 is 2.14 bits per heavy atom. The van der Waals surface area contributed by atoms with Crippen molar-refractivity contribution in [3.05, 3.63) is 63.5 Å². The summed E-state index contributed by atoms with van der Waals surface area (Å²) in [6.45, 7) is 1.69. The van der Waals surface area contributed by atoms with Crippen LogP contribution in [0, 0.1) is 17.0 Å². The van der Waals surface area contributed by atoms with Gasteiger partial charge in [-0.05, 0) is 30.7 Å². The van der Waals surface area contributed by atoms with Gasteiger partial charge in [-0.25, -0.2) is 9.78 Å². The molecule has 108 valence electrons. The second-order valence-corrected chi connectivity index (χ2v) is 4.34. The van der Waals surface area contributed by atoms with Crippen LogP contribution in [0.3, 0.4) is 0 Å². The summed E-state index contributed by atoms with van der Waals surface area (Å²) in [6.07, 6.45) is 0. The van der Waals surface area contributed by atoms with Crippen LogP contribution in [0.1, 0.15) is 21.7 Å². The second kappa shape index (κ2) is 6.00. The Labute approximate surface area is 120 Å². The van der Waals surface area contributed by atoms with Crippen molar-refractivity contribution in [1.82, 2.24) is 4.98 Å². The summed E-state index contributed by atoms with van der Waals surface area (Å²) in [5.41, 5.74) is 0.892. The van der Waals surface area contributed by atoms with Crippen LogP contribution in [0.25, 0.3) is 0 Å². The minimum atomic E-state index is -1.14. The van der Waals surface area contributed by atoms with Crippen LogP contribution in [-0.4, -0.2) is 21.0 Å². The number of nitro groups is 1. The van der Waals surface area contributed by atoms with E-state index in [0.29, 0.717) is 5.69 Å². The maximum absolute atomic E-state index is 11.0. The van der Waals surface area contributed by atoms with E-state index >= 15 is 0 Å². The van der Waals surface area contributed by atoms with E-state index in [4.69, 9.17) is 9.84 Å². The van der Waals surface area contributed by atoms with E-state index in [-0.39, 0.29) is 23.7 Å². The summed E-state index contributed by atoms with van der Waals surface area (Å²) in [4.78, 5) is 25.1. The molecule has 2 rings (SSSR count). The Bertz CT molecular complexity index is 700. The van der Waals surface area contributed by atoms with Crippen LogP contribution in [0.15, 0.2) is 36.4 Å². The van der Waals surface area contributed by atoms with Gasteiger partial charge in [0, 0.05) is 6.07 Å². The Balaban J connectivity index is 2.18. The van der Waals surface area contributed by atoms with Crippen LogP contribution in [0.2, 0.25) is 0 Å². The number of aromatic nitrogens is 1. The van der Waals surface area contributed by atoms with Crippen molar-refractivity contribution in [2.24, 2.45) is 0 Å². The number of carboxylic acid groups (broad SMARTS) is 1. The molecule has 7 nitrogen and oxygen atoms in total. The van der Waals surface area contributed by atoms with Gasteiger partial charge in [0.2, 0.25) is 0 Å². The number of ether oxygens (including phenoxy) is 1. The first-order valence-electron chi connectivity index (χ1n) is 6.04. The van der Waals surface area contributed by atoms with Crippen molar-refractivity contribution in [3.63, 3.8) is 0 Å². The summed E-state index contributed by atoms with van der Waals surface area (Å²) >= 11 is 0. The summed E-state index contributed by atoms with van der Waals surface area (Å²) in [6, 6.07) is 9.11. The van der Waals surface area contributed by atoms with Crippen molar-refractivity contribution in [3.8, 4) is 5.75 Å². The van der Waals surface area contributed by atoms with Crippen LogP contribution in [0.5, 0.6) is 5.75 Å². The zero-order chi connectivity index (χ0) is 15.4. The molecule has 0 unspecified atom stereocenters. The molecule has 0 atom stereocenters. The van der Waals surface area contributed by atoms with Gasteiger partial charge in [0.25, 0.3) is 0 Å². The number of aryl methyl sites for hydroxylation is 1. The smallest absolute Gasteiger partial charge is 0.354 e. The summed E-state index contributed by atoms with van der Waals surface area (Å²) < 4.78 is 5.38. The van der Waals surface area contributed by atoms with E-state index in [2.05, 4.69) is 4.98 Å². The lowest BCUT2D eigenvalue weighted by atomic mass is 10.2. The molecule has 0 amide bonds. The number of carbonyl (C=O) groups is 1. The van der Waals surface area contributed by atoms with Gasteiger partial charge in [0.1, 0.15) is 12.3 Å². The van der Waals surface area contributed by atoms with Crippen molar-refractivity contribution in [1.29, 1.82) is 0 Å². The van der Waals surface area contributed by atoms with Crippen LogP contribution in [-0.2, 0) is 6.61 Å². The molecule has 0 aliphatic heterocycles. The SMILES string of the molecule is Cc1ccc(OCc2cccc(C(=O)O)n2)c([N+](=O)[O-])c1. The van der Waals surface area contributed by atoms with Gasteiger partial charge >= 0.3 is 11.7 Å². The lowest BCUT2D eigenvalue weighted by molar-refractivity contribution is -0.386. The average molecular weight is 288 g/mol. The highest BCUT2D eigenvalue weighted by molar-refractivity contribution is 5.85. The molecule has 0 saturated carbocycles. The van der Waals surface area contributed by atoms with Crippen LogP contribution < -0.4 is 4.74 Å². The van der Waals surface area contributed by atoms with E-state index < -0.39 is 10.9 Å². The molecule has 0 fully saturated rings. The lowest BCUT2D eigenvalue weighted by Gasteiger charge is -2.07. The predicted molar refractivity (Wildman–Crippen MR) is 73.4 cm³/mol. The number of rotatable bonds is 5. The van der Waals surface area contributed by atoms with Gasteiger partial charge in [0.15, 0.2) is 5.75 Å². The maximum atomic E-state index is 11.0. The quantitative estimate of drug-likeness (QED) is 0.670. The molecule has 1 heterocycles. The van der Waals surface area contributed by atoms with E-state index in [0.717, 1.165) is 5.56 Å².